The highest BCUT2D eigenvalue weighted by atomic mass is 16.5. The van der Waals surface area contributed by atoms with Gasteiger partial charge in [-0.3, -0.25) is 11.3 Å². The van der Waals surface area contributed by atoms with E-state index in [1.165, 1.54) is 24.0 Å². The molecule has 0 aromatic heterocycles. The van der Waals surface area contributed by atoms with Gasteiger partial charge >= 0.3 is 0 Å². The Morgan fingerprint density at radius 3 is 2.11 bits per heavy atom. The topological polar surface area (TPSA) is 47.3 Å². The summed E-state index contributed by atoms with van der Waals surface area (Å²) in [4.78, 5) is 0. The van der Waals surface area contributed by atoms with Gasteiger partial charge in [0.05, 0.1) is 12.1 Å². The highest BCUT2D eigenvalue weighted by Crippen LogP contribution is 2.39. The van der Waals surface area contributed by atoms with Crippen LogP contribution in [0.1, 0.15) is 49.8 Å². The molecule has 3 N–H and O–H groups in total. The second-order valence-electron chi connectivity index (χ2n) is 5.50. The molecule has 2 unspecified atom stereocenters. The van der Waals surface area contributed by atoms with Gasteiger partial charge in [-0.15, -0.1) is 0 Å². The van der Waals surface area contributed by atoms with Crippen molar-refractivity contribution in [1.29, 1.82) is 0 Å². The summed E-state index contributed by atoms with van der Waals surface area (Å²) in [6.07, 6.45) is 2.68. The number of hydrogen-bond acceptors (Lipinski definition) is 3. The maximum absolute atomic E-state index is 5.71. The number of methoxy groups -OCH3 is 1. The highest BCUT2D eigenvalue weighted by Gasteiger charge is 2.37. The molecule has 1 aromatic rings. The Bertz CT molecular complexity index is 371. The second kappa shape index (κ2) is 5.83. The largest absolute Gasteiger partial charge is 0.379 e. The van der Waals surface area contributed by atoms with Crippen LogP contribution in [-0.2, 0) is 4.74 Å². The van der Waals surface area contributed by atoms with Crippen LogP contribution in [0, 0.1) is 5.92 Å². The molecule has 0 radical (unpaired) electrons. The van der Waals surface area contributed by atoms with Crippen molar-refractivity contribution in [3.63, 3.8) is 0 Å². The Balaban J connectivity index is 2.15. The number of nitrogens with one attached hydrogen (secondary N) is 1. The third-order valence-electron chi connectivity index (χ3n) is 3.83. The molecular weight excluding hydrogens is 224 g/mol. The van der Waals surface area contributed by atoms with Gasteiger partial charge in [0.1, 0.15) is 0 Å². The monoisotopic (exact) mass is 248 g/mol. The lowest BCUT2D eigenvalue weighted by Gasteiger charge is -2.26. The van der Waals surface area contributed by atoms with Crippen molar-refractivity contribution in [2.45, 2.75) is 44.8 Å². The van der Waals surface area contributed by atoms with Gasteiger partial charge in [-0.1, -0.05) is 38.1 Å². The Morgan fingerprint density at radius 2 is 1.72 bits per heavy atom. The quantitative estimate of drug-likeness (QED) is 0.601. The van der Waals surface area contributed by atoms with E-state index in [4.69, 9.17) is 10.6 Å². The molecule has 0 amide bonds. The highest BCUT2D eigenvalue weighted by molar-refractivity contribution is 5.27. The molecule has 100 valence electrons. The molecule has 2 atom stereocenters. The summed E-state index contributed by atoms with van der Waals surface area (Å²) in [6, 6.07) is 8.78. The zero-order valence-corrected chi connectivity index (χ0v) is 11.5. The number of benzene rings is 1. The first-order valence-electron chi connectivity index (χ1n) is 6.76. The molecule has 1 aromatic carbocycles. The molecule has 2 rings (SSSR count). The third-order valence-corrected chi connectivity index (χ3v) is 3.83. The Hall–Kier alpha value is -0.900. The van der Waals surface area contributed by atoms with Gasteiger partial charge in [-0.05, 0) is 35.8 Å². The van der Waals surface area contributed by atoms with Crippen LogP contribution in [0.4, 0.5) is 0 Å². The van der Waals surface area contributed by atoms with Crippen molar-refractivity contribution in [2.75, 3.05) is 7.11 Å². The lowest BCUT2D eigenvalue weighted by molar-refractivity contribution is 0.0507. The van der Waals surface area contributed by atoms with Crippen LogP contribution in [0.2, 0.25) is 0 Å². The summed E-state index contributed by atoms with van der Waals surface area (Å²) >= 11 is 0. The predicted molar refractivity (Wildman–Crippen MR) is 74.1 cm³/mol. The zero-order valence-electron chi connectivity index (χ0n) is 11.5. The molecule has 1 aliphatic carbocycles. The minimum Gasteiger partial charge on any atom is -0.379 e. The van der Waals surface area contributed by atoms with E-state index in [0.29, 0.717) is 11.8 Å². The van der Waals surface area contributed by atoms with E-state index in [2.05, 4.69) is 43.5 Å². The number of rotatable bonds is 6. The summed E-state index contributed by atoms with van der Waals surface area (Å²) in [6.45, 7) is 4.41. The summed E-state index contributed by atoms with van der Waals surface area (Å²) in [7, 11) is 1.77. The molecule has 18 heavy (non-hydrogen) atoms. The molecule has 0 bridgehead atoms. The van der Waals surface area contributed by atoms with Crippen LogP contribution in [0.5, 0.6) is 0 Å². The van der Waals surface area contributed by atoms with Crippen LogP contribution in [0.15, 0.2) is 24.3 Å². The van der Waals surface area contributed by atoms with E-state index in [0.717, 1.165) is 0 Å². The van der Waals surface area contributed by atoms with E-state index in [1.54, 1.807) is 7.11 Å². The van der Waals surface area contributed by atoms with Gasteiger partial charge in [0.25, 0.3) is 0 Å². The Kier molecular flexibility index (Phi) is 4.38. The SMILES string of the molecule is COC(C1CC1)C(NN)c1ccc(C(C)C)cc1. The minimum atomic E-state index is 0.0868. The third kappa shape index (κ3) is 2.91. The van der Waals surface area contributed by atoms with Crippen LogP contribution in [0.3, 0.4) is 0 Å². The lowest BCUT2D eigenvalue weighted by Crippen LogP contribution is -2.38. The summed E-state index contributed by atoms with van der Waals surface area (Å²) in [5, 5.41) is 0. The van der Waals surface area contributed by atoms with Crippen molar-refractivity contribution >= 4 is 0 Å². The average molecular weight is 248 g/mol. The standard InChI is InChI=1S/C15H24N2O/c1-10(2)11-4-6-12(7-5-11)14(17-16)15(18-3)13-8-9-13/h4-7,10,13-15,17H,8-9,16H2,1-3H3. The van der Waals surface area contributed by atoms with Crippen LogP contribution in [0.25, 0.3) is 0 Å². The summed E-state index contributed by atoms with van der Waals surface area (Å²) < 4.78 is 5.62. The number of nitrogens with two attached hydrogens (primary N) is 1. The molecule has 0 spiro atoms. The van der Waals surface area contributed by atoms with Crippen molar-refractivity contribution < 1.29 is 4.74 Å². The fourth-order valence-corrected chi connectivity index (χ4v) is 2.49. The van der Waals surface area contributed by atoms with Crippen LogP contribution in [-0.4, -0.2) is 13.2 Å². The predicted octanol–water partition coefficient (Wildman–Crippen LogP) is 2.74. The maximum Gasteiger partial charge on any atom is 0.0806 e. The number of hydrogen-bond donors (Lipinski definition) is 2. The van der Waals surface area contributed by atoms with Gasteiger partial charge in [0.15, 0.2) is 0 Å². The Labute approximate surface area is 110 Å². The van der Waals surface area contributed by atoms with Crippen LogP contribution >= 0.6 is 0 Å². The van der Waals surface area contributed by atoms with E-state index < -0.39 is 0 Å². The van der Waals surface area contributed by atoms with E-state index in [-0.39, 0.29) is 12.1 Å². The molecule has 0 heterocycles. The summed E-state index contributed by atoms with van der Waals surface area (Å²) in [5.41, 5.74) is 5.48. The molecule has 0 aliphatic heterocycles. The molecule has 1 saturated carbocycles. The maximum atomic E-state index is 5.71. The summed E-state index contributed by atoms with van der Waals surface area (Å²) in [5.74, 6) is 6.93. The molecule has 3 nitrogen and oxygen atoms in total. The molecule has 1 aliphatic rings. The van der Waals surface area contributed by atoms with Crippen molar-refractivity contribution in [3.05, 3.63) is 35.4 Å². The van der Waals surface area contributed by atoms with Gasteiger partial charge in [0, 0.05) is 7.11 Å². The van der Waals surface area contributed by atoms with Gasteiger partial charge in [-0.2, -0.15) is 0 Å². The van der Waals surface area contributed by atoms with Crippen molar-refractivity contribution in [2.24, 2.45) is 11.8 Å². The molecular formula is C15H24N2O. The second-order valence-corrected chi connectivity index (χ2v) is 5.50. The van der Waals surface area contributed by atoms with Gasteiger partial charge in [0.2, 0.25) is 0 Å². The minimum absolute atomic E-state index is 0.0868. The lowest BCUT2D eigenvalue weighted by atomic mass is 9.95. The number of hydrazine groups is 1. The van der Waals surface area contributed by atoms with E-state index in [9.17, 15) is 0 Å². The number of ether oxygens (including phenoxy) is 1. The Morgan fingerprint density at radius 1 is 1.17 bits per heavy atom. The first-order chi connectivity index (χ1) is 8.67. The van der Waals surface area contributed by atoms with Crippen molar-refractivity contribution in [1.82, 2.24) is 5.43 Å². The first-order valence-corrected chi connectivity index (χ1v) is 6.76. The molecule has 1 fully saturated rings. The molecule has 3 heteroatoms. The van der Waals surface area contributed by atoms with E-state index in [1.807, 2.05) is 0 Å². The average Bonchev–Trinajstić information content (AvgIpc) is 3.20. The smallest absolute Gasteiger partial charge is 0.0806 e. The van der Waals surface area contributed by atoms with Gasteiger partial charge in [-0.25, -0.2) is 0 Å². The fourth-order valence-electron chi connectivity index (χ4n) is 2.49. The fraction of sp³-hybridized carbons (Fsp3) is 0.600. The first kappa shape index (κ1) is 13.5. The van der Waals surface area contributed by atoms with Crippen LogP contribution < -0.4 is 11.3 Å². The van der Waals surface area contributed by atoms with Gasteiger partial charge < -0.3 is 4.74 Å². The zero-order chi connectivity index (χ0) is 13.1. The van der Waals surface area contributed by atoms with Crippen molar-refractivity contribution in [3.8, 4) is 0 Å². The normalized spacial score (nSPS) is 18.9. The van der Waals surface area contributed by atoms with E-state index >= 15 is 0 Å². The molecule has 0 saturated heterocycles.